The maximum Gasteiger partial charge on any atom is 0.287 e. The molecule has 1 aromatic heterocycles. The van der Waals surface area contributed by atoms with Gasteiger partial charge >= 0.3 is 0 Å². The van der Waals surface area contributed by atoms with Crippen LogP contribution in [0.15, 0.2) is 40.8 Å². The molecule has 0 aliphatic carbocycles. The molecule has 4 rings (SSSR count). The summed E-state index contributed by atoms with van der Waals surface area (Å²) in [6, 6.07) is 12.1. The third-order valence-corrected chi connectivity index (χ3v) is 4.92. The molecule has 124 valence electrons. The van der Waals surface area contributed by atoms with E-state index in [0.29, 0.717) is 5.76 Å². The van der Waals surface area contributed by atoms with Gasteiger partial charge in [0.15, 0.2) is 5.76 Å². The van der Waals surface area contributed by atoms with Crippen LogP contribution in [-0.4, -0.2) is 24.7 Å². The van der Waals surface area contributed by atoms with Crippen LogP contribution < -0.4 is 5.32 Å². The Morgan fingerprint density at radius 3 is 2.83 bits per heavy atom. The molecule has 2 atom stereocenters. The first-order chi connectivity index (χ1) is 11.6. The number of rotatable bonds is 3. The van der Waals surface area contributed by atoms with E-state index in [0.717, 1.165) is 46.8 Å². The molecule has 2 heterocycles. The van der Waals surface area contributed by atoms with Crippen LogP contribution in [0.5, 0.6) is 0 Å². The standard InChI is InChI=1S/C20H21NO3/c1-12-15-10-9-14-6-3-4-7-16(14)19(15)24-18(12)20(22)21-13(2)17-8-5-11-23-17/h3-4,6-7,9-10,13,17H,5,8,11H2,1-2H3,(H,21,22). The lowest BCUT2D eigenvalue weighted by atomic mass is 10.1. The van der Waals surface area contributed by atoms with Crippen molar-refractivity contribution in [1.82, 2.24) is 5.32 Å². The zero-order valence-electron chi connectivity index (χ0n) is 14.0. The van der Waals surface area contributed by atoms with Gasteiger partial charge in [0.2, 0.25) is 0 Å². The first-order valence-electron chi connectivity index (χ1n) is 8.48. The lowest BCUT2D eigenvalue weighted by molar-refractivity contribution is 0.0697. The Balaban J connectivity index is 1.69. The van der Waals surface area contributed by atoms with Crippen molar-refractivity contribution in [2.45, 2.75) is 38.8 Å². The summed E-state index contributed by atoms with van der Waals surface area (Å²) in [4.78, 5) is 12.7. The van der Waals surface area contributed by atoms with E-state index < -0.39 is 0 Å². The van der Waals surface area contributed by atoms with E-state index in [1.165, 1.54) is 0 Å². The molecule has 2 unspecified atom stereocenters. The van der Waals surface area contributed by atoms with Crippen LogP contribution in [0.3, 0.4) is 0 Å². The van der Waals surface area contributed by atoms with Gasteiger partial charge in [-0.25, -0.2) is 0 Å². The Hall–Kier alpha value is -2.33. The maximum absolute atomic E-state index is 12.7. The van der Waals surface area contributed by atoms with Crippen molar-refractivity contribution in [2.75, 3.05) is 6.61 Å². The molecule has 3 aromatic rings. The van der Waals surface area contributed by atoms with E-state index in [9.17, 15) is 4.79 Å². The summed E-state index contributed by atoms with van der Waals surface area (Å²) in [5.41, 5.74) is 1.66. The van der Waals surface area contributed by atoms with E-state index in [4.69, 9.17) is 9.15 Å². The second kappa shape index (κ2) is 5.95. The van der Waals surface area contributed by atoms with Crippen molar-refractivity contribution < 1.29 is 13.9 Å². The predicted octanol–water partition coefficient (Wildman–Crippen LogP) is 4.19. The molecule has 0 saturated carbocycles. The zero-order valence-corrected chi connectivity index (χ0v) is 14.0. The van der Waals surface area contributed by atoms with E-state index in [2.05, 4.69) is 11.4 Å². The lowest BCUT2D eigenvalue weighted by Crippen LogP contribution is -2.40. The lowest BCUT2D eigenvalue weighted by Gasteiger charge is -2.19. The van der Waals surface area contributed by atoms with Gasteiger partial charge < -0.3 is 14.5 Å². The average Bonchev–Trinajstić information content (AvgIpc) is 3.23. The van der Waals surface area contributed by atoms with E-state index >= 15 is 0 Å². The highest BCUT2D eigenvalue weighted by Gasteiger charge is 2.26. The summed E-state index contributed by atoms with van der Waals surface area (Å²) in [5.74, 6) is 0.224. The van der Waals surface area contributed by atoms with Crippen LogP contribution in [0, 0.1) is 6.92 Å². The quantitative estimate of drug-likeness (QED) is 0.786. The number of carbonyl (C=O) groups is 1. The molecule has 0 spiro atoms. The molecule has 0 radical (unpaired) electrons. The van der Waals surface area contributed by atoms with Crippen LogP contribution in [0.25, 0.3) is 21.7 Å². The number of fused-ring (bicyclic) bond motifs is 3. The molecule has 2 aromatic carbocycles. The van der Waals surface area contributed by atoms with Gasteiger partial charge in [0, 0.05) is 22.9 Å². The molecule has 1 saturated heterocycles. The highest BCUT2D eigenvalue weighted by atomic mass is 16.5. The minimum Gasteiger partial charge on any atom is -0.450 e. The Bertz CT molecular complexity index is 906. The number of hydrogen-bond donors (Lipinski definition) is 1. The molecule has 1 N–H and O–H groups in total. The number of nitrogens with one attached hydrogen (secondary N) is 1. The van der Waals surface area contributed by atoms with Crippen molar-refractivity contribution in [1.29, 1.82) is 0 Å². The monoisotopic (exact) mass is 323 g/mol. The first kappa shape index (κ1) is 15.2. The van der Waals surface area contributed by atoms with Crippen LogP contribution in [0.2, 0.25) is 0 Å². The molecule has 1 fully saturated rings. The minimum absolute atomic E-state index is 0.0237. The normalized spacial score (nSPS) is 19.0. The summed E-state index contributed by atoms with van der Waals surface area (Å²) >= 11 is 0. The highest BCUT2D eigenvalue weighted by Crippen LogP contribution is 2.31. The van der Waals surface area contributed by atoms with Crippen LogP contribution in [0.4, 0.5) is 0 Å². The largest absolute Gasteiger partial charge is 0.450 e. The fourth-order valence-corrected chi connectivity index (χ4v) is 3.53. The minimum atomic E-state index is -0.171. The van der Waals surface area contributed by atoms with Crippen molar-refractivity contribution in [3.05, 3.63) is 47.7 Å². The summed E-state index contributed by atoms with van der Waals surface area (Å²) in [6.07, 6.45) is 2.14. The molecular weight excluding hydrogens is 302 g/mol. The molecule has 24 heavy (non-hydrogen) atoms. The molecule has 1 aliphatic rings. The van der Waals surface area contributed by atoms with Crippen molar-refractivity contribution in [3.63, 3.8) is 0 Å². The van der Waals surface area contributed by atoms with Gasteiger partial charge in [0.25, 0.3) is 5.91 Å². The number of benzene rings is 2. The van der Waals surface area contributed by atoms with Gasteiger partial charge in [-0.1, -0.05) is 36.4 Å². The van der Waals surface area contributed by atoms with E-state index in [-0.39, 0.29) is 18.1 Å². The van der Waals surface area contributed by atoms with E-state index in [1.807, 2.05) is 44.2 Å². The fourth-order valence-electron chi connectivity index (χ4n) is 3.53. The van der Waals surface area contributed by atoms with Gasteiger partial charge in [0.05, 0.1) is 12.1 Å². The van der Waals surface area contributed by atoms with Crippen molar-refractivity contribution in [3.8, 4) is 0 Å². The van der Waals surface area contributed by atoms with Crippen LogP contribution >= 0.6 is 0 Å². The molecule has 4 heteroatoms. The smallest absolute Gasteiger partial charge is 0.287 e. The second-order valence-electron chi connectivity index (χ2n) is 6.53. The fraction of sp³-hybridized carbons (Fsp3) is 0.350. The SMILES string of the molecule is Cc1c(C(=O)NC(C)C2CCCO2)oc2c1ccc1ccccc12. The van der Waals surface area contributed by atoms with Gasteiger partial charge in [-0.3, -0.25) is 4.79 Å². The summed E-state index contributed by atoms with van der Waals surface area (Å²) < 4.78 is 11.6. The van der Waals surface area contributed by atoms with Gasteiger partial charge in [-0.05, 0) is 32.1 Å². The molecular formula is C20H21NO3. The molecule has 1 amide bonds. The van der Waals surface area contributed by atoms with Crippen molar-refractivity contribution >= 4 is 27.6 Å². The van der Waals surface area contributed by atoms with Crippen LogP contribution in [-0.2, 0) is 4.74 Å². The maximum atomic E-state index is 12.7. The first-order valence-corrected chi connectivity index (χ1v) is 8.48. The highest BCUT2D eigenvalue weighted by molar-refractivity contribution is 6.08. The van der Waals surface area contributed by atoms with Gasteiger partial charge in [0.1, 0.15) is 5.58 Å². The Morgan fingerprint density at radius 2 is 2.04 bits per heavy atom. The van der Waals surface area contributed by atoms with Gasteiger partial charge in [-0.2, -0.15) is 0 Å². The summed E-state index contributed by atoms with van der Waals surface area (Å²) in [5, 5.41) is 6.16. The molecule has 4 nitrogen and oxygen atoms in total. The third-order valence-electron chi connectivity index (χ3n) is 4.92. The predicted molar refractivity (Wildman–Crippen MR) is 94.4 cm³/mol. The molecule has 0 bridgehead atoms. The average molecular weight is 323 g/mol. The van der Waals surface area contributed by atoms with E-state index in [1.54, 1.807) is 0 Å². The second-order valence-corrected chi connectivity index (χ2v) is 6.53. The number of aryl methyl sites for hydroxylation is 1. The topological polar surface area (TPSA) is 51.5 Å². The Labute approximate surface area is 140 Å². The van der Waals surface area contributed by atoms with Crippen molar-refractivity contribution in [2.24, 2.45) is 0 Å². The number of hydrogen-bond acceptors (Lipinski definition) is 3. The third kappa shape index (κ3) is 2.47. The zero-order chi connectivity index (χ0) is 16.7. The Morgan fingerprint density at radius 1 is 1.21 bits per heavy atom. The number of amides is 1. The summed E-state index contributed by atoms with van der Waals surface area (Å²) in [7, 11) is 0. The molecule has 1 aliphatic heterocycles. The number of furan rings is 1. The van der Waals surface area contributed by atoms with Gasteiger partial charge in [-0.15, -0.1) is 0 Å². The Kier molecular flexibility index (Phi) is 3.77. The summed E-state index contributed by atoms with van der Waals surface area (Å²) in [6.45, 7) is 4.70. The number of carbonyl (C=O) groups excluding carboxylic acids is 1. The number of ether oxygens (including phenoxy) is 1. The van der Waals surface area contributed by atoms with Crippen LogP contribution in [0.1, 0.15) is 35.9 Å².